The maximum Gasteiger partial charge on any atom is 0.253 e. The molecule has 1 rings (SSSR count). The van der Waals surface area contributed by atoms with Crippen LogP contribution in [0.25, 0.3) is 0 Å². The first kappa shape index (κ1) is 13.0. The van der Waals surface area contributed by atoms with Crippen molar-refractivity contribution in [3.05, 3.63) is 23.8 Å². The number of nitrogens with one attached hydrogen (secondary N) is 2. The number of methoxy groups -OCH3 is 1. The van der Waals surface area contributed by atoms with Crippen molar-refractivity contribution in [1.82, 2.24) is 5.32 Å². The molecule has 0 fully saturated rings. The topological polar surface area (TPSA) is 93.5 Å². The predicted molar refractivity (Wildman–Crippen MR) is 64.1 cm³/mol. The van der Waals surface area contributed by atoms with E-state index < -0.39 is 0 Å². The number of anilines is 1. The zero-order valence-corrected chi connectivity index (χ0v) is 9.74. The molecule has 0 saturated carbocycles. The summed E-state index contributed by atoms with van der Waals surface area (Å²) >= 11 is 0. The van der Waals surface area contributed by atoms with Crippen LogP contribution in [0.1, 0.15) is 10.4 Å². The number of carbonyl (C=O) groups excluding carboxylic acids is 2. The van der Waals surface area contributed by atoms with Crippen molar-refractivity contribution in [2.75, 3.05) is 26.0 Å². The van der Waals surface area contributed by atoms with E-state index in [4.69, 9.17) is 10.5 Å². The number of ether oxygens (including phenoxy) is 1. The Balaban J connectivity index is 3.10. The monoisotopic (exact) mass is 237 g/mol. The largest absolute Gasteiger partial charge is 0.497 e. The van der Waals surface area contributed by atoms with E-state index in [1.807, 2.05) is 0 Å². The maximum atomic E-state index is 11.6. The minimum Gasteiger partial charge on any atom is -0.497 e. The summed E-state index contributed by atoms with van der Waals surface area (Å²) in [5.41, 5.74) is 5.93. The zero-order chi connectivity index (χ0) is 12.8. The molecule has 0 heterocycles. The van der Waals surface area contributed by atoms with Gasteiger partial charge in [0.25, 0.3) is 5.91 Å². The van der Waals surface area contributed by atoms with E-state index in [2.05, 4.69) is 10.6 Å². The van der Waals surface area contributed by atoms with E-state index in [9.17, 15) is 9.59 Å². The van der Waals surface area contributed by atoms with Crippen LogP contribution in [0.3, 0.4) is 0 Å². The van der Waals surface area contributed by atoms with Crippen LogP contribution >= 0.6 is 0 Å². The molecule has 0 unspecified atom stereocenters. The summed E-state index contributed by atoms with van der Waals surface area (Å²) in [7, 11) is 3.01. The van der Waals surface area contributed by atoms with E-state index >= 15 is 0 Å². The highest BCUT2D eigenvalue weighted by Gasteiger charge is 2.12. The molecule has 0 aromatic heterocycles. The second kappa shape index (κ2) is 5.86. The second-order valence-electron chi connectivity index (χ2n) is 3.24. The molecule has 1 aromatic carbocycles. The number of nitrogens with two attached hydrogens (primary N) is 1. The van der Waals surface area contributed by atoms with Crippen molar-refractivity contribution < 1.29 is 14.3 Å². The van der Waals surface area contributed by atoms with Gasteiger partial charge in [0.15, 0.2) is 0 Å². The lowest BCUT2D eigenvalue weighted by Gasteiger charge is -2.11. The average Bonchev–Trinajstić information content (AvgIpc) is 2.38. The minimum absolute atomic E-state index is 0.140. The van der Waals surface area contributed by atoms with Gasteiger partial charge in [0.2, 0.25) is 5.91 Å². The molecule has 0 bridgehead atoms. The predicted octanol–water partition coefficient (Wildman–Crippen LogP) is -0.0480. The van der Waals surface area contributed by atoms with Crippen molar-refractivity contribution in [3.63, 3.8) is 0 Å². The van der Waals surface area contributed by atoms with Gasteiger partial charge in [-0.3, -0.25) is 9.59 Å². The number of hydrogen-bond acceptors (Lipinski definition) is 4. The van der Waals surface area contributed by atoms with Crippen LogP contribution < -0.4 is 21.1 Å². The van der Waals surface area contributed by atoms with Gasteiger partial charge in [-0.2, -0.15) is 0 Å². The van der Waals surface area contributed by atoms with Gasteiger partial charge >= 0.3 is 0 Å². The maximum absolute atomic E-state index is 11.6. The molecule has 0 saturated heterocycles. The molecule has 6 heteroatoms. The zero-order valence-electron chi connectivity index (χ0n) is 9.74. The molecule has 0 aliphatic carbocycles. The molecule has 17 heavy (non-hydrogen) atoms. The number of hydrogen-bond donors (Lipinski definition) is 3. The van der Waals surface area contributed by atoms with Crippen molar-refractivity contribution in [2.24, 2.45) is 5.73 Å². The molecule has 2 amide bonds. The quantitative estimate of drug-likeness (QED) is 0.684. The SMILES string of the molecule is CNC(=O)c1cc(OC)ccc1NC(=O)CN. The van der Waals surface area contributed by atoms with Crippen LogP contribution in [0, 0.1) is 0 Å². The van der Waals surface area contributed by atoms with Gasteiger partial charge in [-0.1, -0.05) is 0 Å². The number of rotatable bonds is 4. The van der Waals surface area contributed by atoms with Gasteiger partial charge in [-0.25, -0.2) is 0 Å². The summed E-state index contributed by atoms with van der Waals surface area (Å²) in [4.78, 5) is 22.8. The second-order valence-corrected chi connectivity index (χ2v) is 3.24. The molecule has 0 atom stereocenters. The highest BCUT2D eigenvalue weighted by molar-refractivity contribution is 6.04. The fourth-order valence-corrected chi connectivity index (χ4v) is 1.28. The summed E-state index contributed by atoms with van der Waals surface area (Å²) in [5.74, 6) is -0.133. The van der Waals surface area contributed by atoms with Crippen LogP contribution in [-0.4, -0.2) is 32.5 Å². The van der Waals surface area contributed by atoms with Crippen LogP contribution in [0.2, 0.25) is 0 Å². The normalized spacial score (nSPS) is 9.59. The lowest BCUT2D eigenvalue weighted by molar-refractivity contribution is -0.114. The Morgan fingerprint density at radius 1 is 1.41 bits per heavy atom. The first-order valence-corrected chi connectivity index (χ1v) is 5.02. The van der Waals surface area contributed by atoms with Gasteiger partial charge in [0.1, 0.15) is 5.75 Å². The third-order valence-electron chi connectivity index (χ3n) is 2.16. The molecule has 1 aromatic rings. The van der Waals surface area contributed by atoms with E-state index in [-0.39, 0.29) is 18.4 Å². The van der Waals surface area contributed by atoms with Crippen molar-refractivity contribution in [3.8, 4) is 5.75 Å². The number of carbonyl (C=O) groups is 2. The van der Waals surface area contributed by atoms with Gasteiger partial charge in [-0.15, -0.1) is 0 Å². The first-order chi connectivity index (χ1) is 8.12. The fraction of sp³-hybridized carbons (Fsp3) is 0.273. The van der Waals surface area contributed by atoms with Crippen molar-refractivity contribution >= 4 is 17.5 Å². The third kappa shape index (κ3) is 3.18. The standard InChI is InChI=1S/C11H15N3O3/c1-13-11(16)8-5-7(17-2)3-4-9(8)14-10(15)6-12/h3-5H,6,12H2,1-2H3,(H,13,16)(H,14,15). The molecule has 0 aliphatic rings. The molecule has 0 aliphatic heterocycles. The smallest absolute Gasteiger partial charge is 0.253 e. The van der Waals surface area contributed by atoms with Gasteiger partial charge < -0.3 is 21.1 Å². The minimum atomic E-state index is -0.361. The number of benzene rings is 1. The highest BCUT2D eigenvalue weighted by atomic mass is 16.5. The third-order valence-corrected chi connectivity index (χ3v) is 2.16. The van der Waals surface area contributed by atoms with Crippen LogP contribution in [0.5, 0.6) is 5.75 Å². The Hall–Kier alpha value is -2.08. The summed E-state index contributed by atoms with van der Waals surface area (Å²) < 4.78 is 5.02. The van der Waals surface area contributed by atoms with Crippen LogP contribution in [-0.2, 0) is 4.79 Å². The molecular weight excluding hydrogens is 222 g/mol. The average molecular weight is 237 g/mol. The first-order valence-electron chi connectivity index (χ1n) is 5.02. The Labute approximate surface area is 99.1 Å². The summed E-state index contributed by atoms with van der Waals surface area (Å²) in [6.07, 6.45) is 0. The molecule has 92 valence electrons. The lowest BCUT2D eigenvalue weighted by Crippen LogP contribution is -2.25. The van der Waals surface area contributed by atoms with E-state index in [0.29, 0.717) is 17.0 Å². The van der Waals surface area contributed by atoms with Crippen molar-refractivity contribution in [2.45, 2.75) is 0 Å². The summed E-state index contributed by atoms with van der Waals surface area (Å²) in [5, 5.41) is 5.03. The summed E-state index contributed by atoms with van der Waals surface area (Å²) in [6.45, 7) is -0.140. The van der Waals surface area contributed by atoms with Gasteiger partial charge in [0.05, 0.1) is 24.9 Å². The van der Waals surface area contributed by atoms with E-state index in [0.717, 1.165) is 0 Å². The molecular formula is C11H15N3O3. The Morgan fingerprint density at radius 2 is 2.12 bits per heavy atom. The van der Waals surface area contributed by atoms with E-state index in [1.54, 1.807) is 18.2 Å². The Morgan fingerprint density at radius 3 is 2.65 bits per heavy atom. The van der Waals surface area contributed by atoms with Crippen LogP contribution in [0.15, 0.2) is 18.2 Å². The van der Waals surface area contributed by atoms with Gasteiger partial charge in [0, 0.05) is 7.05 Å². The Kier molecular flexibility index (Phi) is 4.47. The molecule has 4 N–H and O–H groups in total. The number of amides is 2. The van der Waals surface area contributed by atoms with Gasteiger partial charge in [-0.05, 0) is 18.2 Å². The lowest BCUT2D eigenvalue weighted by atomic mass is 10.1. The summed E-state index contributed by atoms with van der Waals surface area (Å²) in [6, 6.07) is 4.79. The molecule has 6 nitrogen and oxygen atoms in total. The molecule has 0 spiro atoms. The van der Waals surface area contributed by atoms with Crippen LogP contribution in [0.4, 0.5) is 5.69 Å². The molecule has 0 radical (unpaired) electrons. The Bertz CT molecular complexity index is 432. The van der Waals surface area contributed by atoms with Crippen molar-refractivity contribution in [1.29, 1.82) is 0 Å². The van der Waals surface area contributed by atoms with E-state index in [1.165, 1.54) is 14.2 Å². The fourth-order valence-electron chi connectivity index (χ4n) is 1.28. The highest BCUT2D eigenvalue weighted by Crippen LogP contribution is 2.21.